The number of thiophene rings is 1. The molecule has 3 aromatic rings. The van der Waals surface area contributed by atoms with Gasteiger partial charge in [0, 0.05) is 5.39 Å². The molecule has 0 bridgehead atoms. The zero-order valence-corrected chi connectivity index (χ0v) is 13.9. The van der Waals surface area contributed by atoms with Crippen molar-refractivity contribution in [3.8, 4) is 5.75 Å². The van der Waals surface area contributed by atoms with E-state index in [-0.39, 0.29) is 6.04 Å². The van der Waals surface area contributed by atoms with Crippen molar-refractivity contribution in [3.63, 3.8) is 0 Å². The van der Waals surface area contributed by atoms with Crippen LogP contribution in [-0.2, 0) is 0 Å². The Balaban J connectivity index is 2.17. The zero-order valence-electron chi connectivity index (χ0n) is 11.0. The Morgan fingerprint density at radius 3 is 2.55 bits per heavy atom. The summed E-state index contributed by atoms with van der Waals surface area (Å²) in [6.45, 7) is 0. The molecule has 1 unspecified atom stereocenters. The van der Waals surface area contributed by atoms with Crippen LogP contribution in [0.5, 0.6) is 5.75 Å². The highest BCUT2D eigenvalue weighted by Crippen LogP contribution is 2.34. The van der Waals surface area contributed by atoms with Gasteiger partial charge in [0.2, 0.25) is 0 Å². The number of methoxy groups -OCH3 is 1. The summed E-state index contributed by atoms with van der Waals surface area (Å²) >= 11 is 4.05. The van der Waals surface area contributed by atoms with Gasteiger partial charge in [0.05, 0.1) is 16.0 Å². The number of ether oxygens (including phenoxy) is 1. The molecule has 0 aliphatic rings. The van der Waals surface area contributed by atoms with Gasteiger partial charge in [-0.15, -0.1) is 11.3 Å². The van der Waals surface area contributed by atoms with Gasteiger partial charge in [-0.3, -0.25) is 0 Å². The van der Waals surface area contributed by atoms with Crippen molar-refractivity contribution in [2.24, 2.45) is 5.73 Å². The smallest absolute Gasteiger partial charge is 0.126 e. The fraction of sp³-hybridized carbons (Fsp3) is 0.125. The van der Waals surface area contributed by atoms with Crippen LogP contribution in [0.1, 0.15) is 17.2 Å². The standard InChI is InChI=1S/C16H14INOS/c1-19-14-7-6-13(11-4-2-3-5-12(11)14)16(18)10-8-15(17)20-9-10/h2-9,16H,18H2,1H3. The van der Waals surface area contributed by atoms with Crippen molar-refractivity contribution in [2.75, 3.05) is 7.11 Å². The van der Waals surface area contributed by atoms with E-state index in [1.807, 2.05) is 18.2 Å². The van der Waals surface area contributed by atoms with E-state index in [9.17, 15) is 0 Å². The van der Waals surface area contributed by atoms with Crippen LogP contribution in [-0.4, -0.2) is 7.11 Å². The van der Waals surface area contributed by atoms with Crippen molar-refractivity contribution in [3.05, 3.63) is 61.9 Å². The van der Waals surface area contributed by atoms with Crippen LogP contribution >= 0.6 is 33.9 Å². The summed E-state index contributed by atoms with van der Waals surface area (Å²) in [5, 5.41) is 4.39. The van der Waals surface area contributed by atoms with E-state index in [2.05, 4.69) is 52.2 Å². The van der Waals surface area contributed by atoms with Gasteiger partial charge in [-0.1, -0.05) is 30.3 Å². The molecule has 1 atom stereocenters. The van der Waals surface area contributed by atoms with E-state index in [1.165, 1.54) is 2.88 Å². The molecule has 0 saturated carbocycles. The number of benzene rings is 2. The highest BCUT2D eigenvalue weighted by Gasteiger charge is 2.15. The molecule has 0 radical (unpaired) electrons. The summed E-state index contributed by atoms with van der Waals surface area (Å²) < 4.78 is 6.69. The van der Waals surface area contributed by atoms with Crippen LogP contribution < -0.4 is 10.5 Å². The molecule has 1 heterocycles. The highest BCUT2D eigenvalue weighted by molar-refractivity contribution is 14.1. The Bertz CT molecular complexity index is 753. The lowest BCUT2D eigenvalue weighted by Crippen LogP contribution is -2.11. The predicted molar refractivity (Wildman–Crippen MR) is 93.6 cm³/mol. The monoisotopic (exact) mass is 395 g/mol. The topological polar surface area (TPSA) is 35.2 Å². The number of nitrogens with two attached hydrogens (primary N) is 1. The molecule has 0 spiro atoms. The lowest BCUT2D eigenvalue weighted by molar-refractivity contribution is 0.419. The maximum atomic E-state index is 6.45. The summed E-state index contributed by atoms with van der Waals surface area (Å²) in [5.74, 6) is 0.886. The van der Waals surface area contributed by atoms with Gasteiger partial charge in [-0.25, -0.2) is 0 Å². The van der Waals surface area contributed by atoms with Crippen molar-refractivity contribution in [1.82, 2.24) is 0 Å². The normalized spacial score (nSPS) is 12.6. The van der Waals surface area contributed by atoms with Gasteiger partial charge in [-0.05, 0) is 56.6 Å². The third-order valence-electron chi connectivity index (χ3n) is 3.42. The van der Waals surface area contributed by atoms with Crippen LogP contribution in [0.25, 0.3) is 10.8 Å². The summed E-state index contributed by atoms with van der Waals surface area (Å²) in [5.41, 5.74) is 8.75. The molecule has 0 saturated heterocycles. The lowest BCUT2D eigenvalue weighted by Gasteiger charge is -2.15. The Hall–Kier alpha value is -1.11. The van der Waals surface area contributed by atoms with Crippen LogP contribution in [0, 0.1) is 2.88 Å². The zero-order chi connectivity index (χ0) is 14.1. The fourth-order valence-electron chi connectivity index (χ4n) is 2.41. The lowest BCUT2D eigenvalue weighted by atomic mass is 9.95. The molecule has 20 heavy (non-hydrogen) atoms. The van der Waals surface area contributed by atoms with Crippen LogP contribution in [0.3, 0.4) is 0 Å². The Labute approximate surface area is 135 Å². The summed E-state index contributed by atoms with van der Waals surface area (Å²) in [7, 11) is 1.70. The number of fused-ring (bicyclic) bond motifs is 1. The molecule has 0 aliphatic carbocycles. The second-order valence-corrected chi connectivity index (χ2v) is 7.37. The first-order valence-electron chi connectivity index (χ1n) is 6.26. The molecule has 0 aliphatic heterocycles. The first-order valence-corrected chi connectivity index (χ1v) is 8.21. The van der Waals surface area contributed by atoms with Crippen molar-refractivity contribution < 1.29 is 4.74 Å². The van der Waals surface area contributed by atoms with E-state index < -0.39 is 0 Å². The Morgan fingerprint density at radius 2 is 1.90 bits per heavy atom. The summed E-state index contributed by atoms with van der Waals surface area (Å²) in [4.78, 5) is 0. The molecular formula is C16H14INOS. The van der Waals surface area contributed by atoms with Gasteiger partial charge < -0.3 is 10.5 Å². The fourth-order valence-corrected chi connectivity index (χ4v) is 3.82. The second kappa shape index (κ2) is 5.71. The molecule has 2 nitrogen and oxygen atoms in total. The molecule has 1 aromatic heterocycles. The van der Waals surface area contributed by atoms with E-state index in [0.29, 0.717) is 0 Å². The number of halogens is 1. The predicted octanol–water partition coefficient (Wildman–Crippen LogP) is 4.56. The van der Waals surface area contributed by atoms with E-state index in [4.69, 9.17) is 10.5 Å². The third-order valence-corrected chi connectivity index (χ3v) is 5.23. The number of hydrogen-bond donors (Lipinski definition) is 1. The van der Waals surface area contributed by atoms with Crippen LogP contribution in [0.15, 0.2) is 47.8 Å². The molecule has 0 fully saturated rings. The highest BCUT2D eigenvalue weighted by atomic mass is 127. The van der Waals surface area contributed by atoms with Gasteiger partial charge in [0.1, 0.15) is 5.75 Å². The quantitative estimate of drug-likeness (QED) is 0.660. The molecule has 102 valence electrons. The van der Waals surface area contributed by atoms with Gasteiger partial charge in [0.15, 0.2) is 0 Å². The second-order valence-electron chi connectivity index (χ2n) is 4.56. The largest absolute Gasteiger partial charge is 0.496 e. The summed E-state index contributed by atoms with van der Waals surface area (Å²) in [6, 6.07) is 14.3. The Morgan fingerprint density at radius 1 is 1.15 bits per heavy atom. The minimum absolute atomic E-state index is 0.106. The van der Waals surface area contributed by atoms with Crippen molar-refractivity contribution in [2.45, 2.75) is 6.04 Å². The van der Waals surface area contributed by atoms with E-state index >= 15 is 0 Å². The summed E-state index contributed by atoms with van der Waals surface area (Å²) in [6.07, 6.45) is 0. The average molecular weight is 395 g/mol. The van der Waals surface area contributed by atoms with Gasteiger partial charge in [0.25, 0.3) is 0 Å². The number of rotatable bonds is 3. The minimum Gasteiger partial charge on any atom is -0.496 e. The maximum absolute atomic E-state index is 6.45. The van der Waals surface area contributed by atoms with Crippen molar-refractivity contribution >= 4 is 44.7 Å². The SMILES string of the molecule is COc1ccc(C(N)c2csc(I)c2)c2ccccc12. The van der Waals surface area contributed by atoms with E-state index in [1.54, 1.807) is 18.4 Å². The first-order chi connectivity index (χ1) is 9.70. The molecule has 3 rings (SSSR count). The maximum Gasteiger partial charge on any atom is 0.126 e. The first kappa shape index (κ1) is 13.9. The van der Waals surface area contributed by atoms with Crippen LogP contribution in [0.2, 0.25) is 0 Å². The minimum atomic E-state index is -0.106. The van der Waals surface area contributed by atoms with Crippen LogP contribution in [0.4, 0.5) is 0 Å². The third kappa shape index (κ3) is 2.43. The van der Waals surface area contributed by atoms with Gasteiger partial charge >= 0.3 is 0 Å². The molecular weight excluding hydrogens is 381 g/mol. The van der Waals surface area contributed by atoms with E-state index in [0.717, 1.165) is 27.6 Å². The van der Waals surface area contributed by atoms with Crippen molar-refractivity contribution in [1.29, 1.82) is 0 Å². The molecule has 0 amide bonds. The average Bonchev–Trinajstić information content (AvgIpc) is 2.92. The molecule has 2 N–H and O–H groups in total. The molecule has 4 heteroatoms. The number of hydrogen-bond acceptors (Lipinski definition) is 3. The Kier molecular flexibility index (Phi) is 3.96. The molecule has 2 aromatic carbocycles. The van der Waals surface area contributed by atoms with Gasteiger partial charge in [-0.2, -0.15) is 0 Å².